The predicted molar refractivity (Wildman–Crippen MR) is 189 cm³/mol. The molecule has 10 aromatic rings. The third kappa shape index (κ3) is 3.42. The molecule has 0 aromatic heterocycles. The van der Waals surface area contributed by atoms with Crippen molar-refractivity contribution in [3.8, 4) is 0 Å². The fourth-order valence-electron chi connectivity index (χ4n) is 8.13. The van der Waals surface area contributed by atoms with E-state index in [1.54, 1.807) is 0 Å². The fourth-order valence-corrected chi connectivity index (χ4v) is 8.13. The van der Waals surface area contributed by atoms with Gasteiger partial charge in [0.15, 0.2) is 0 Å². The van der Waals surface area contributed by atoms with Gasteiger partial charge in [-0.05, 0) is 121 Å². The standard InChI is InChI=1S/C43H28O3/c44-22-23-5-7-27(8-6-23)42(45)34-20-29-12-10-26-16-18-33-35(43(46)31-14-9-24-3-1-2-4-28(24)19-31)21-30-13-11-25-15-17-32(34)40-36(25)39(30)41(33)37(26)38(29)40/h1-21,42-46H,22H2. The van der Waals surface area contributed by atoms with Crippen LogP contribution in [0.4, 0.5) is 0 Å². The number of aliphatic hydroxyl groups is 3. The second kappa shape index (κ2) is 9.35. The van der Waals surface area contributed by atoms with Gasteiger partial charge in [0.05, 0.1) is 6.61 Å². The number of hydrogen-bond donors (Lipinski definition) is 3. The van der Waals surface area contributed by atoms with Crippen LogP contribution in [-0.4, -0.2) is 15.3 Å². The van der Waals surface area contributed by atoms with Gasteiger partial charge in [-0.1, -0.05) is 109 Å². The van der Waals surface area contributed by atoms with Crippen LogP contribution in [0.15, 0.2) is 127 Å². The highest BCUT2D eigenvalue weighted by Gasteiger charge is 2.26. The topological polar surface area (TPSA) is 60.7 Å². The van der Waals surface area contributed by atoms with E-state index in [9.17, 15) is 15.3 Å². The van der Waals surface area contributed by atoms with Gasteiger partial charge in [0.1, 0.15) is 12.2 Å². The summed E-state index contributed by atoms with van der Waals surface area (Å²) in [5.41, 5.74) is 4.27. The van der Waals surface area contributed by atoms with E-state index in [0.29, 0.717) is 0 Å². The van der Waals surface area contributed by atoms with Gasteiger partial charge in [0.2, 0.25) is 0 Å². The van der Waals surface area contributed by atoms with Crippen LogP contribution in [0.2, 0.25) is 0 Å². The Morgan fingerprint density at radius 3 is 1.43 bits per heavy atom. The van der Waals surface area contributed by atoms with Crippen LogP contribution in [0.25, 0.3) is 75.4 Å². The van der Waals surface area contributed by atoms with Crippen molar-refractivity contribution in [1.82, 2.24) is 0 Å². The zero-order valence-electron chi connectivity index (χ0n) is 24.8. The van der Waals surface area contributed by atoms with Crippen molar-refractivity contribution < 1.29 is 15.3 Å². The molecule has 218 valence electrons. The van der Waals surface area contributed by atoms with Crippen LogP contribution in [-0.2, 0) is 6.61 Å². The van der Waals surface area contributed by atoms with Crippen molar-refractivity contribution in [2.75, 3.05) is 0 Å². The smallest absolute Gasteiger partial charge is 0.105 e. The summed E-state index contributed by atoms with van der Waals surface area (Å²) in [5, 5.41) is 49.4. The second-order valence-electron chi connectivity index (χ2n) is 12.7. The lowest BCUT2D eigenvalue weighted by Gasteiger charge is -2.25. The van der Waals surface area contributed by atoms with Crippen molar-refractivity contribution in [1.29, 1.82) is 0 Å². The zero-order chi connectivity index (χ0) is 30.7. The van der Waals surface area contributed by atoms with E-state index < -0.39 is 12.2 Å². The largest absolute Gasteiger partial charge is 0.392 e. The molecule has 2 unspecified atom stereocenters. The van der Waals surface area contributed by atoms with E-state index in [1.165, 1.54) is 37.7 Å². The molecule has 3 N–H and O–H groups in total. The summed E-state index contributed by atoms with van der Waals surface area (Å²) in [5.74, 6) is 0. The molecule has 10 rings (SSSR count). The Kier molecular flexibility index (Phi) is 5.28. The summed E-state index contributed by atoms with van der Waals surface area (Å²) in [7, 11) is 0. The molecule has 3 heteroatoms. The van der Waals surface area contributed by atoms with Crippen LogP contribution < -0.4 is 0 Å². The average Bonchev–Trinajstić information content (AvgIpc) is 3.12. The number of rotatable bonds is 5. The normalized spacial score (nSPS) is 13.9. The summed E-state index contributed by atoms with van der Waals surface area (Å²) < 4.78 is 0. The minimum Gasteiger partial charge on any atom is -0.392 e. The molecule has 46 heavy (non-hydrogen) atoms. The lowest BCUT2D eigenvalue weighted by Crippen LogP contribution is -2.04. The molecule has 0 aliphatic heterocycles. The first-order valence-corrected chi connectivity index (χ1v) is 15.8. The van der Waals surface area contributed by atoms with Crippen molar-refractivity contribution in [2.24, 2.45) is 0 Å². The maximum Gasteiger partial charge on any atom is 0.105 e. The third-order valence-corrected chi connectivity index (χ3v) is 10.3. The Morgan fingerprint density at radius 2 is 0.848 bits per heavy atom. The van der Waals surface area contributed by atoms with Gasteiger partial charge in [-0.15, -0.1) is 0 Å². The van der Waals surface area contributed by atoms with E-state index >= 15 is 0 Å². The van der Waals surface area contributed by atoms with Gasteiger partial charge in [-0.25, -0.2) is 0 Å². The van der Waals surface area contributed by atoms with Gasteiger partial charge in [0, 0.05) is 0 Å². The highest BCUT2D eigenvalue weighted by Crippen LogP contribution is 2.51. The Bertz CT molecular complexity index is 2740. The van der Waals surface area contributed by atoms with E-state index in [0.717, 1.165) is 65.5 Å². The molecule has 3 nitrogen and oxygen atoms in total. The summed E-state index contributed by atoms with van der Waals surface area (Å²) in [6, 6.07) is 43.8. The molecule has 10 aromatic carbocycles. The molecule has 0 heterocycles. The Balaban J connectivity index is 1.29. The molecule has 0 radical (unpaired) electrons. The molecular formula is C43H28O3. The average molecular weight is 593 g/mol. The monoisotopic (exact) mass is 592 g/mol. The summed E-state index contributed by atoms with van der Waals surface area (Å²) in [6.07, 6.45) is -1.60. The SMILES string of the molecule is OCc1ccc(C(O)c2cc3ccc4ccc5c(C(O)c6ccc7ccccc7c6)cc6ccc7ccc2c2c7c6c5c4c32)cc1. The molecule has 2 atom stereocenters. The maximum atomic E-state index is 12.0. The first kappa shape index (κ1) is 26.0. The molecule has 0 fully saturated rings. The first-order chi connectivity index (χ1) is 22.6. The van der Waals surface area contributed by atoms with E-state index in [2.05, 4.69) is 84.9 Å². The highest BCUT2D eigenvalue weighted by atomic mass is 16.3. The van der Waals surface area contributed by atoms with Crippen molar-refractivity contribution >= 4 is 75.4 Å². The quantitative estimate of drug-likeness (QED) is 0.138. The third-order valence-electron chi connectivity index (χ3n) is 10.3. The molecule has 0 saturated heterocycles. The maximum absolute atomic E-state index is 12.0. The first-order valence-electron chi connectivity index (χ1n) is 15.8. The van der Waals surface area contributed by atoms with Crippen molar-refractivity contribution in [3.63, 3.8) is 0 Å². The van der Waals surface area contributed by atoms with Crippen LogP contribution in [0.1, 0.15) is 40.0 Å². The molecule has 0 saturated carbocycles. The van der Waals surface area contributed by atoms with Gasteiger partial charge in [-0.3, -0.25) is 0 Å². The zero-order valence-corrected chi connectivity index (χ0v) is 24.8. The summed E-state index contributed by atoms with van der Waals surface area (Å²) in [4.78, 5) is 0. The summed E-state index contributed by atoms with van der Waals surface area (Å²) in [6.45, 7) is -0.0285. The van der Waals surface area contributed by atoms with Gasteiger partial charge in [0.25, 0.3) is 0 Å². The molecule has 0 aliphatic rings. The number of fused-ring (bicyclic) bond motifs is 1. The number of benzene rings is 10. The van der Waals surface area contributed by atoms with Crippen LogP contribution >= 0.6 is 0 Å². The molecule has 0 amide bonds. The van der Waals surface area contributed by atoms with Crippen LogP contribution in [0.5, 0.6) is 0 Å². The highest BCUT2D eigenvalue weighted by molar-refractivity contribution is 6.45. The number of aliphatic hydroxyl groups excluding tert-OH is 3. The van der Waals surface area contributed by atoms with Crippen LogP contribution in [0.3, 0.4) is 0 Å². The molecule has 0 bridgehead atoms. The van der Waals surface area contributed by atoms with Gasteiger partial charge < -0.3 is 15.3 Å². The van der Waals surface area contributed by atoms with Gasteiger partial charge >= 0.3 is 0 Å². The molecule has 0 spiro atoms. The lowest BCUT2D eigenvalue weighted by atomic mass is 9.79. The van der Waals surface area contributed by atoms with Gasteiger partial charge in [-0.2, -0.15) is 0 Å². The number of hydrogen-bond acceptors (Lipinski definition) is 3. The Morgan fingerprint density at radius 1 is 0.391 bits per heavy atom. The van der Waals surface area contributed by atoms with E-state index in [4.69, 9.17) is 0 Å². The molecule has 0 aliphatic carbocycles. The van der Waals surface area contributed by atoms with E-state index in [-0.39, 0.29) is 6.61 Å². The molecular weight excluding hydrogens is 564 g/mol. The lowest BCUT2D eigenvalue weighted by molar-refractivity contribution is 0.221. The fraction of sp³-hybridized carbons (Fsp3) is 0.0698. The predicted octanol–water partition coefficient (Wildman–Crippen LogP) is 9.73. The minimum absolute atomic E-state index is 0.0285. The van der Waals surface area contributed by atoms with Crippen molar-refractivity contribution in [3.05, 3.63) is 155 Å². The summed E-state index contributed by atoms with van der Waals surface area (Å²) >= 11 is 0. The van der Waals surface area contributed by atoms with Crippen molar-refractivity contribution in [2.45, 2.75) is 18.8 Å². The minimum atomic E-state index is -0.818. The Labute approximate surface area is 264 Å². The Hall–Kier alpha value is -5.32. The van der Waals surface area contributed by atoms with Crippen LogP contribution in [0, 0.1) is 0 Å². The second-order valence-corrected chi connectivity index (χ2v) is 12.7. The van der Waals surface area contributed by atoms with E-state index in [1.807, 2.05) is 42.5 Å².